The third-order valence-corrected chi connectivity index (χ3v) is 3.52. The summed E-state index contributed by atoms with van der Waals surface area (Å²) in [4.78, 5) is 6.57. The number of halogens is 1. The number of rotatable bonds is 8. The molecule has 1 aromatic rings. The van der Waals surface area contributed by atoms with E-state index in [1.807, 2.05) is 0 Å². The maximum atomic E-state index is 13.5. The highest BCUT2D eigenvalue weighted by molar-refractivity contribution is 5.47. The molecule has 1 atom stereocenters. The minimum absolute atomic E-state index is 0.270. The van der Waals surface area contributed by atoms with E-state index in [1.54, 1.807) is 6.07 Å². The van der Waals surface area contributed by atoms with Crippen LogP contribution in [0, 0.1) is 11.7 Å². The molecule has 0 radical (unpaired) electrons. The SMILES string of the molecule is CCC(C)CN(CC)c1ncc(F)cc1CNC(C)C. The van der Waals surface area contributed by atoms with Gasteiger partial charge in [-0.3, -0.25) is 0 Å². The van der Waals surface area contributed by atoms with Crippen LogP contribution in [0.15, 0.2) is 12.3 Å². The second-order valence-corrected chi connectivity index (χ2v) is 5.72. The van der Waals surface area contributed by atoms with E-state index < -0.39 is 0 Å². The van der Waals surface area contributed by atoms with Gasteiger partial charge in [0.2, 0.25) is 0 Å². The minimum Gasteiger partial charge on any atom is -0.356 e. The minimum atomic E-state index is -0.270. The predicted molar refractivity (Wildman–Crippen MR) is 83.5 cm³/mol. The number of hydrogen-bond acceptors (Lipinski definition) is 3. The first-order valence-electron chi connectivity index (χ1n) is 7.60. The molecule has 3 nitrogen and oxygen atoms in total. The van der Waals surface area contributed by atoms with Crippen molar-refractivity contribution in [1.29, 1.82) is 0 Å². The number of anilines is 1. The normalized spacial score (nSPS) is 12.8. The summed E-state index contributed by atoms with van der Waals surface area (Å²) >= 11 is 0. The van der Waals surface area contributed by atoms with Crippen LogP contribution >= 0.6 is 0 Å². The summed E-state index contributed by atoms with van der Waals surface area (Å²) < 4.78 is 13.5. The molecule has 0 aromatic carbocycles. The Kier molecular flexibility index (Phi) is 6.93. The maximum Gasteiger partial charge on any atom is 0.141 e. The van der Waals surface area contributed by atoms with Crippen molar-refractivity contribution in [2.45, 2.75) is 53.6 Å². The van der Waals surface area contributed by atoms with E-state index in [0.717, 1.165) is 30.9 Å². The summed E-state index contributed by atoms with van der Waals surface area (Å²) in [7, 11) is 0. The molecule has 0 amide bonds. The Balaban J connectivity index is 2.94. The molecule has 0 aliphatic carbocycles. The molecule has 1 aromatic heterocycles. The number of nitrogens with zero attached hydrogens (tertiary/aromatic N) is 2. The molecule has 1 N–H and O–H groups in total. The first-order valence-corrected chi connectivity index (χ1v) is 7.60. The zero-order valence-electron chi connectivity index (χ0n) is 13.4. The van der Waals surface area contributed by atoms with Crippen LogP contribution in [0.25, 0.3) is 0 Å². The highest BCUT2D eigenvalue weighted by Gasteiger charge is 2.15. The fourth-order valence-corrected chi connectivity index (χ4v) is 2.07. The quantitative estimate of drug-likeness (QED) is 0.789. The van der Waals surface area contributed by atoms with Gasteiger partial charge in [0.1, 0.15) is 11.6 Å². The van der Waals surface area contributed by atoms with E-state index in [0.29, 0.717) is 18.5 Å². The summed E-state index contributed by atoms with van der Waals surface area (Å²) in [6.07, 6.45) is 2.45. The van der Waals surface area contributed by atoms with E-state index in [1.165, 1.54) is 6.20 Å². The van der Waals surface area contributed by atoms with Crippen molar-refractivity contribution in [3.8, 4) is 0 Å². The van der Waals surface area contributed by atoms with Crippen LogP contribution in [0.5, 0.6) is 0 Å². The fourth-order valence-electron chi connectivity index (χ4n) is 2.07. The Labute approximate surface area is 122 Å². The molecule has 0 bridgehead atoms. The third kappa shape index (κ3) is 5.08. The molecule has 0 aliphatic rings. The molecular weight excluding hydrogens is 253 g/mol. The average molecular weight is 281 g/mol. The van der Waals surface area contributed by atoms with Gasteiger partial charge in [-0.25, -0.2) is 9.37 Å². The lowest BCUT2D eigenvalue weighted by atomic mass is 10.1. The number of hydrogen-bond donors (Lipinski definition) is 1. The molecule has 0 saturated heterocycles. The van der Waals surface area contributed by atoms with Crippen molar-refractivity contribution in [3.05, 3.63) is 23.6 Å². The Bertz CT molecular complexity index is 407. The van der Waals surface area contributed by atoms with Crippen LogP contribution in [-0.2, 0) is 6.54 Å². The van der Waals surface area contributed by atoms with Crippen LogP contribution in [0.1, 0.15) is 46.6 Å². The Morgan fingerprint density at radius 1 is 1.30 bits per heavy atom. The second-order valence-electron chi connectivity index (χ2n) is 5.72. The summed E-state index contributed by atoms with van der Waals surface area (Å²) in [5.41, 5.74) is 0.934. The van der Waals surface area contributed by atoms with Crippen LogP contribution in [0.3, 0.4) is 0 Å². The Morgan fingerprint density at radius 2 is 2.00 bits per heavy atom. The molecule has 1 rings (SSSR count). The molecule has 4 heteroatoms. The Morgan fingerprint density at radius 3 is 2.55 bits per heavy atom. The summed E-state index contributed by atoms with van der Waals surface area (Å²) in [6, 6.07) is 1.97. The monoisotopic (exact) mass is 281 g/mol. The molecule has 0 spiro atoms. The van der Waals surface area contributed by atoms with Crippen LogP contribution < -0.4 is 10.2 Å². The van der Waals surface area contributed by atoms with Crippen molar-refractivity contribution < 1.29 is 4.39 Å². The maximum absolute atomic E-state index is 13.5. The summed E-state index contributed by atoms with van der Waals surface area (Å²) in [5.74, 6) is 1.24. The largest absolute Gasteiger partial charge is 0.356 e. The van der Waals surface area contributed by atoms with Crippen molar-refractivity contribution >= 4 is 5.82 Å². The fraction of sp³-hybridized carbons (Fsp3) is 0.688. The van der Waals surface area contributed by atoms with Crippen molar-refractivity contribution in [1.82, 2.24) is 10.3 Å². The molecule has 1 heterocycles. The van der Waals surface area contributed by atoms with Crippen LogP contribution in [0.4, 0.5) is 10.2 Å². The van der Waals surface area contributed by atoms with E-state index in [9.17, 15) is 4.39 Å². The Hall–Kier alpha value is -1.16. The van der Waals surface area contributed by atoms with Crippen molar-refractivity contribution in [2.24, 2.45) is 5.92 Å². The van der Waals surface area contributed by atoms with E-state index in [2.05, 4.69) is 49.8 Å². The van der Waals surface area contributed by atoms with E-state index in [-0.39, 0.29) is 5.82 Å². The molecule has 0 fully saturated rings. The van der Waals surface area contributed by atoms with Gasteiger partial charge < -0.3 is 10.2 Å². The van der Waals surface area contributed by atoms with Crippen LogP contribution in [0.2, 0.25) is 0 Å². The number of pyridine rings is 1. The van der Waals surface area contributed by atoms with Crippen molar-refractivity contribution in [3.63, 3.8) is 0 Å². The van der Waals surface area contributed by atoms with Gasteiger partial charge in [0.25, 0.3) is 0 Å². The lowest BCUT2D eigenvalue weighted by Gasteiger charge is -2.27. The van der Waals surface area contributed by atoms with Gasteiger partial charge in [0.05, 0.1) is 6.20 Å². The molecule has 0 saturated carbocycles. The lowest BCUT2D eigenvalue weighted by Crippen LogP contribution is -2.31. The first-order chi connectivity index (χ1) is 9.47. The highest BCUT2D eigenvalue weighted by Crippen LogP contribution is 2.20. The zero-order valence-corrected chi connectivity index (χ0v) is 13.4. The van der Waals surface area contributed by atoms with Gasteiger partial charge in [-0.05, 0) is 18.9 Å². The molecule has 0 aliphatic heterocycles. The van der Waals surface area contributed by atoms with E-state index in [4.69, 9.17) is 0 Å². The van der Waals surface area contributed by atoms with Crippen molar-refractivity contribution in [2.75, 3.05) is 18.0 Å². The molecular formula is C16H28FN3. The molecule has 114 valence electrons. The third-order valence-electron chi connectivity index (χ3n) is 3.52. The van der Waals surface area contributed by atoms with Gasteiger partial charge in [-0.1, -0.05) is 34.1 Å². The van der Waals surface area contributed by atoms with Crippen LogP contribution in [-0.4, -0.2) is 24.1 Å². The van der Waals surface area contributed by atoms with Gasteiger partial charge in [0.15, 0.2) is 0 Å². The highest BCUT2D eigenvalue weighted by atomic mass is 19.1. The molecule has 20 heavy (non-hydrogen) atoms. The topological polar surface area (TPSA) is 28.2 Å². The average Bonchev–Trinajstić information content (AvgIpc) is 2.42. The smallest absolute Gasteiger partial charge is 0.141 e. The van der Waals surface area contributed by atoms with E-state index >= 15 is 0 Å². The lowest BCUT2D eigenvalue weighted by molar-refractivity contribution is 0.538. The molecule has 1 unspecified atom stereocenters. The second kappa shape index (κ2) is 8.20. The summed E-state index contributed by atoms with van der Waals surface area (Å²) in [6.45, 7) is 13.2. The first kappa shape index (κ1) is 16.9. The number of aromatic nitrogens is 1. The predicted octanol–water partition coefficient (Wildman–Crippen LogP) is 3.59. The van der Waals surface area contributed by atoms with Gasteiger partial charge in [-0.2, -0.15) is 0 Å². The summed E-state index contributed by atoms with van der Waals surface area (Å²) in [5, 5.41) is 3.34. The van der Waals surface area contributed by atoms with Gasteiger partial charge in [0, 0.05) is 31.2 Å². The standard InChI is InChI=1S/C16H28FN3/c1-6-13(5)11-20(7-2)16-14(9-18-12(3)4)8-15(17)10-19-16/h8,10,12-13,18H,6-7,9,11H2,1-5H3. The van der Waals surface area contributed by atoms with Gasteiger partial charge in [-0.15, -0.1) is 0 Å². The van der Waals surface area contributed by atoms with Gasteiger partial charge >= 0.3 is 0 Å². The number of nitrogens with one attached hydrogen (secondary N) is 1. The zero-order chi connectivity index (χ0) is 15.1.